The lowest BCUT2D eigenvalue weighted by Gasteiger charge is -2.02. The Balaban J connectivity index is 2.02. The number of nitrogen functional groups attached to an aromatic ring is 1. The second-order valence-corrected chi connectivity index (χ2v) is 5.17. The molecule has 0 unspecified atom stereocenters. The SMILES string of the molecule is Nc1cccc(-c2cnn(-c3ncc(Br)cc3F)c2)c1. The highest BCUT2D eigenvalue weighted by atomic mass is 79.9. The van der Waals surface area contributed by atoms with Crippen molar-refractivity contribution in [3.05, 3.63) is 59.2 Å². The van der Waals surface area contributed by atoms with Crippen LogP contribution in [0.5, 0.6) is 0 Å². The highest BCUT2D eigenvalue weighted by Gasteiger charge is 2.09. The van der Waals surface area contributed by atoms with Crippen LogP contribution in [0, 0.1) is 5.82 Å². The molecule has 0 aliphatic heterocycles. The molecule has 1 aromatic carbocycles. The number of halogens is 2. The molecule has 20 heavy (non-hydrogen) atoms. The van der Waals surface area contributed by atoms with Crippen molar-refractivity contribution in [2.75, 3.05) is 5.73 Å². The summed E-state index contributed by atoms with van der Waals surface area (Å²) >= 11 is 3.17. The number of rotatable bonds is 2. The maximum atomic E-state index is 13.8. The highest BCUT2D eigenvalue weighted by Crippen LogP contribution is 2.22. The molecule has 0 amide bonds. The Labute approximate surface area is 123 Å². The minimum atomic E-state index is -0.443. The zero-order valence-electron chi connectivity index (χ0n) is 10.3. The zero-order chi connectivity index (χ0) is 14.1. The zero-order valence-corrected chi connectivity index (χ0v) is 11.9. The Morgan fingerprint density at radius 1 is 1.15 bits per heavy atom. The lowest BCUT2D eigenvalue weighted by Crippen LogP contribution is -2.01. The van der Waals surface area contributed by atoms with Crippen LogP contribution < -0.4 is 5.73 Å². The molecule has 0 aliphatic rings. The van der Waals surface area contributed by atoms with E-state index in [-0.39, 0.29) is 5.82 Å². The topological polar surface area (TPSA) is 56.7 Å². The summed E-state index contributed by atoms with van der Waals surface area (Å²) in [5, 5.41) is 4.14. The predicted molar refractivity (Wildman–Crippen MR) is 78.9 cm³/mol. The van der Waals surface area contributed by atoms with Crippen LogP contribution in [0.1, 0.15) is 0 Å². The van der Waals surface area contributed by atoms with E-state index in [2.05, 4.69) is 26.0 Å². The second-order valence-electron chi connectivity index (χ2n) is 4.26. The molecule has 6 heteroatoms. The van der Waals surface area contributed by atoms with Crippen molar-refractivity contribution in [3.8, 4) is 16.9 Å². The molecule has 4 nitrogen and oxygen atoms in total. The molecule has 0 saturated carbocycles. The molecule has 100 valence electrons. The first kappa shape index (κ1) is 12.8. The van der Waals surface area contributed by atoms with Gasteiger partial charge in [-0.3, -0.25) is 0 Å². The monoisotopic (exact) mass is 332 g/mol. The van der Waals surface area contributed by atoms with Crippen LogP contribution in [-0.2, 0) is 0 Å². The van der Waals surface area contributed by atoms with Gasteiger partial charge in [0.15, 0.2) is 11.6 Å². The summed E-state index contributed by atoms with van der Waals surface area (Å²) in [5.74, 6) is -0.287. The van der Waals surface area contributed by atoms with E-state index < -0.39 is 5.82 Å². The van der Waals surface area contributed by atoms with Crippen LogP contribution in [0.15, 0.2) is 53.4 Å². The molecule has 0 bridgehead atoms. The quantitative estimate of drug-likeness (QED) is 0.731. The van der Waals surface area contributed by atoms with Crippen LogP contribution in [0.2, 0.25) is 0 Å². The van der Waals surface area contributed by atoms with Crippen LogP contribution >= 0.6 is 15.9 Å². The van der Waals surface area contributed by atoms with Gasteiger partial charge in [-0.1, -0.05) is 12.1 Å². The molecule has 2 aromatic heterocycles. The molecular formula is C14H10BrFN4. The number of hydrogen-bond acceptors (Lipinski definition) is 3. The van der Waals surface area contributed by atoms with E-state index in [1.165, 1.54) is 16.9 Å². The normalized spacial score (nSPS) is 10.7. The van der Waals surface area contributed by atoms with Crippen LogP contribution in [0.3, 0.4) is 0 Å². The van der Waals surface area contributed by atoms with Gasteiger partial charge in [0.2, 0.25) is 0 Å². The molecule has 0 fully saturated rings. The number of nitrogens with zero attached hydrogens (tertiary/aromatic N) is 3. The first-order valence-electron chi connectivity index (χ1n) is 5.85. The van der Waals surface area contributed by atoms with Gasteiger partial charge in [-0.25, -0.2) is 14.1 Å². The summed E-state index contributed by atoms with van der Waals surface area (Å²) < 4.78 is 15.8. The molecule has 2 N–H and O–H groups in total. The fraction of sp³-hybridized carbons (Fsp3) is 0. The lowest BCUT2D eigenvalue weighted by atomic mass is 10.1. The van der Waals surface area contributed by atoms with Gasteiger partial charge in [-0.15, -0.1) is 0 Å². The number of benzene rings is 1. The number of pyridine rings is 1. The maximum absolute atomic E-state index is 13.8. The Hall–Kier alpha value is -2.21. The first-order chi connectivity index (χ1) is 9.63. The van der Waals surface area contributed by atoms with E-state index in [4.69, 9.17) is 5.73 Å². The van der Waals surface area contributed by atoms with Crippen LogP contribution in [0.25, 0.3) is 16.9 Å². The van der Waals surface area contributed by atoms with Gasteiger partial charge in [-0.05, 0) is 39.7 Å². The van der Waals surface area contributed by atoms with Gasteiger partial charge in [0.25, 0.3) is 0 Å². The van der Waals surface area contributed by atoms with Crippen LogP contribution in [-0.4, -0.2) is 14.8 Å². The molecule has 3 aromatic rings. The van der Waals surface area contributed by atoms with E-state index in [1.54, 1.807) is 12.4 Å². The van der Waals surface area contributed by atoms with Gasteiger partial charge in [0.05, 0.1) is 6.20 Å². The van der Waals surface area contributed by atoms with Gasteiger partial charge in [0.1, 0.15) is 0 Å². The summed E-state index contributed by atoms with van der Waals surface area (Å²) in [7, 11) is 0. The van der Waals surface area contributed by atoms with Gasteiger partial charge in [0, 0.05) is 28.1 Å². The smallest absolute Gasteiger partial charge is 0.189 e. The number of anilines is 1. The number of hydrogen-bond donors (Lipinski definition) is 1. The summed E-state index contributed by atoms with van der Waals surface area (Å²) in [6.45, 7) is 0. The van der Waals surface area contributed by atoms with Crippen molar-refractivity contribution in [1.82, 2.24) is 14.8 Å². The third-order valence-electron chi connectivity index (χ3n) is 2.81. The molecule has 0 saturated heterocycles. The molecule has 2 heterocycles. The fourth-order valence-corrected chi connectivity index (χ4v) is 2.19. The molecule has 0 atom stereocenters. The summed E-state index contributed by atoms with van der Waals surface area (Å²) in [5.41, 5.74) is 8.19. The average molecular weight is 333 g/mol. The van der Waals surface area contributed by atoms with E-state index in [9.17, 15) is 4.39 Å². The van der Waals surface area contributed by atoms with Gasteiger partial charge < -0.3 is 5.73 Å². The summed E-state index contributed by atoms with van der Waals surface area (Å²) in [4.78, 5) is 4.03. The average Bonchev–Trinajstić information content (AvgIpc) is 2.88. The maximum Gasteiger partial charge on any atom is 0.189 e. The van der Waals surface area contributed by atoms with Crippen molar-refractivity contribution in [3.63, 3.8) is 0 Å². The van der Waals surface area contributed by atoms with Crippen molar-refractivity contribution >= 4 is 21.6 Å². The number of aromatic nitrogens is 3. The van der Waals surface area contributed by atoms with Gasteiger partial charge in [-0.2, -0.15) is 5.10 Å². The first-order valence-corrected chi connectivity index (χ1v) is 6.65. The second kappa shape index (κ2) is 5.05. The third kappa shape index (κ3) is 2.42. The van der Waals surface area contributed by atoms with E-state index in [0.29, 0.717) is 10.2 Å². The van der Waals surface area contributed by atoms with E-state index in [0.717, 1.165) is 11.1 Å². The van der Waals surface area contributed by atoms with Crippen molar-refractivity contribution in [2.24, 2.45) is 0 Å². The Kier molecular flexibility index (Phi) is 3.23. The molecular weight excluding hydrogens is 323 g/mol. The Morgan fingerprint density at radius 3 is 2.75 bits per heavy atom. The van der Waals surface area contributed by atoms with Crippen molar-refractivity contribution < 1.29 is 4.39 Å². The van der Waals surface area contributed by atoms with Crippen molar-refractivity contribution in [1.29, 1.82) is 0 Å². The molecule has 3 rings (SSSR count). The van der Waals surface area contributed by atoms with Gasteiger partial charge >= 0.3 is 0 Å². The predicted octanol–water partition coefficient (Wildman–Crippen LogP) is 3.42. The molecule has 0 spiro atoms. The van der Waals surface area contributed by atoms with E-state index in [1.807, 2.05) is 24.3 Å². The Morgan fingerprint density at radius 2 is 2.00 bits per heavy atom. The molecule has 0 aliphatic carbocycles. The van der Waals surface area contributed by atoms with Crippen LogP contribution in [0.4, 0.5) is 10.1 Å². The minimum Gasteiger partial charge on any atom is -0.399 e. The Bertz CT molecular complexity index is 769. The summed E-state index contributed by atoms with van der Waals surface area (Å²) in [6.07, 6.45) is 4.90. The third-order valence-corrected chi connectivity index (χ3v) is 3.24. The highest BCUT2D eigenvalue weighted by molar-refractivity contribution is 9.10. The molecule has 0 radical (unpaired) electrons. The lowest BCUT2D eigenvalue weighted by molar-refractivity contribution is 0.599. The number of nitrogens with two attached hydrogens (primary N) is 1. The standard InChI is InChI=1S/C14H10BrFN4/c15-11-5-13(16)14(18-7-11)20-8-10(6-19-20)9-2-1-3-12(17)4-9/h1-8H,17H2. The minimum absolute atomic E-state index is 0.156. The van der Waals surface area contributed by atoms with Crippen molar-refractivity contribution in [2.45, 2.75) is 0 Å². The van der Waals surface area contributed by atoms with E-state index >= 15 is 0 Å². The summed E-state index contributed by atoms with van der Waals surface area (Å²) in [6, 6.07) is 8.78. The fourth-order valence-electron chi connectivity index (χ4n) is 1.88. The largest absolute Gasteiger partial charge is 0.399 e.